The number of aromatic nitrogens is 1. The van der Waals surface area contributed by atoms with Crippen molar-refractivity contribution in [3.63, 3.8) is 0 Å². The molecule has 0 amide bonds. The zero-order valence-corrected chi connectivity index (χ0v) is 12.5. The predicted octanol–water partition coefficient (Wildman–Crippen LogP) is 3.52. The Bertz CT molecular complexity index is 391. The molecule has 2 atom stereocenters. The van der Waals surface area contributed by atoms with Crippen molar-refractivity contribution in [1.82, 2.24) is 9.88 Å². The summed E-state index contributed by atoms with van der Waals surface area (Å²) in [5.74, 6) is 1.86. The maximum absolute atomic E-state index is 4.45. The van der Waals surface area contributed by atoms with E-state index in [0.29, 0.717) is 0 Å². The zero-order valence-electron chi connectivity index (χ0n) is 12.5. The molecule has 0 bridgehead atoms. The van der Waals surface area contributed by atoms with Gasteiger partial charge in [0.25, 0.3) is 0 Å². The Kier molecular flexibility index (Phi) is 5.20. The quantitative estimate of drug-likeness (QED) is 0.879. The summed E-state index contributed by atoms with van der Waals surface area (Å²) >= 11 is 0. The number of anilines is 1. The van der Waals surface area contributed by atoms with Crippen molar-refractivity contribution in [2.24, 2.45) is 5.92 Å². The molecular weight excluding hydrogens is 234 g/mol. The van der Waals surface area contributed by atoms with E-state index in [0.717, 1.165) is 30.9 Å². The van der Waals surface area contributed by atoms with Crippen molar-refractivity contribution < 1.29 is 0 Å². The van der Waals surface area contributed by atoms with Gasteiger partial charge < -0.3 is 5.32 Å². The van der Waals surface area contributed by atoms with Gasteiger partial charge in [0.05, 0.1) is 0 Å². The number of hydrogen-bond donors (Lipinski definition) is 1. The first-order chi connectivity index (χ1) is 9.22. The van der Waals surface area contributed by atoms with E-state index in [9.17, 15) is 0 Å². The fraction of sp³-hybridized carbons (Fsp3) is 0.688. The average Bonchev–Trinajstić information content (AvgIpc) is 2.41. The lowest BCUT2D eigenvalue weighted by atomic mass is 9.85. The van der Waals surface area contributed by atoms with Gasteiger partial charge in [-0.1, -0.05) is 25.8 Å². The van der Waals surface area contributed by atoms with Crippen LogP contribution in [-0.2, 0) is 6.54 Å². The summed E-state index contributed by atoms with van der Waals surface area (Å²) in [6, 6.07) is 4.95. The lowest BCUT2D eigenvalue weighted by Crippen LogP contribution is -2.38. The summed E-state index contributed by atoms with van der Waals surface area (Å²) in [5, 5.41) is 3.36. The Morgan fingerprint density at radius 3 is 2.89 bits per heavy atom. The zero-order chi connectivity index (χ0) is 13.7. The van der Waals surface area contributed by atoms with Gasteiger partial charge in [-0.2, -0.15) is 0 Å². The summed E-state index contributed by atoms with van der Waals surface area (Å²) < 4.78 is 0. The van der Waals surface area contributed by atoms with Gasteiger partial charge in [-0.3, -0.25) is 4.90 Å². The SMILES string of the molecule is CCNc1ncccc1CN(C)C1CCCCC1C. The van der Waals surface area contributed by atoms with Gasteiger partial charge >= 0.3 is 0 Å². The Morgan fingerprint density at radius 1 is 1.37 bits per heavy atom. The van der Waals surface area contributed by atoms with E-state index in [-0.39, 0.29) is 0 Å². The number of hydrogen-bond acceptors (Lipinski definition) is 3. The molecule has 0 radical (unpaired) electrons. The third-order valence-corrected chi connectivity index (χ3v) is 4.29. The molecule has 0 aliphatic heterocycles. The molecule has 0 spiro atoms. The van der Waals surface area contributed by atoms with Crippen LogP contribution in [0, 0.1) is 5.92 Å². The van der Waals surface area contributed by atoms with Crippen LogP contribution in [0.25, 0.3) is 0 Å². The van der Waals surface area contributed by atoms with Crippen molar-refractivity contribution in [2.75, 3.05) is 18.9 Å². The highest BCUT2D eigenvalue weighted by Crippen LogP contribution is 2.28. The van der Waals surface area contributed by atoms with Crippen molar-refractivity contribution in [1.29, 1.82) is 0 Å². The van der Waals surface area contributed by atoms with Gasteiger partial charge in [0.15, 0.2) is 0 Å². The topological polar surface area (TPSA) is 28.2 Å². The van der Waals surface area contributed by atoms with Gasteiger partial charge in [0.2, 0.25) is 0 Å². The molecule has 3 nitrogen and oxygen atoms in total. The molecule has 106 valence electrons. The molecule has 2 unspecified atom stereocenters. The lowest BCUT2D eigenvalue weighted by Gasteiger charge is -2.36. The molecular formula is C16H27N3. The minimum Gasteiger partial charge on any atom is -0.370 e. The van der Waals surface area contributed by atoms with E-state index in [1.807, 2.05) is 12.3 Å². The molecule has 1 fully saturated rings. The molecule has 1 aliphatic rings. The van der Waals surface area contributed by atoms with E-state index in [4.69, 9.17) is 0 Å². The van der Waals surface area contributed by atoms with Crippen LogP contribution in [0.5, 0.6) is 0 Å². The minimum atomic E-state index is 0.725. The predicted molar refractivity (Wildman–Crippen MR) is 81.3 cm³/mol. The van der Waals surface area contributed by atoms with Crippen LogP contribution in [0.1, 0.15) is 45.1 Å². The summed E-state index contributed by atoms with van der Waals surface area (Å²) in [6.07, 6.45) is 7.37. The van der Waals surface area contributed by atoms with Gasteiger partial charge in [-0.15, -0.1) is 0 Å². The fourth-order valence-corrected chi connectivity index (χ4v) is 3.23. The number of rotatable bonds is 5. The number of pyridine rings is 1. The van der Waals surface area contributed by atoms with Crippen molar-refractivity contribution in [3.8, 4) is 0 Å². The monoisotopic (exact) mass is 261 g/mol. The Morgan fingerprint density at radius 2 is 2.16 bits per heavy atom. The van der Waals surface area contributed by atoms with E-state index >= 15 is 0 Å². The standard InChI is InChI=1S/C16H27N3/c1-4-17-16-14(9-7-11-18-16)12-19(3)15-10-6-5-8-13(15)2/h7,9,11,13,15H,4-6,8,10,12H2,1-3H3,(H,17,18). The van der Waals surface area contributed by atoms with Gasteiger partial charge in [0, 0.05) is 30.9 Å². The Hall–Kier alpha value is -1.09. The van der Waals surface area contributed by atoms with E-state index < -0.39 is 0 Å². The number of nitrogens with zero attached hydrogens (tertiary/aromatic N) is 2. The van der Waals surface area contributed by atoms with Crippen LogP contribution in [0.2, 0.25) is 0 Å². The molecule has 0 saturated heterocycles. The van der Waals surface area contributed by atoms with E-state index in [1.165, 1.54) is 31.2 Å². The van der Waals surface area contributed by atoms with Gasteiger partial charge in [0.1, 0.15) is 5.82 Å². The second-order valence-electron chi connectivity index (χ2n) is 5.79. The first-order valence-electron chi connectivity index (χ1n) is 7.60. The summed E-state index contributed by atoms with van der Waals surface area (Å²) in [4.78, 5) is 6.96. The molecule has 1 saturated carbocycles. The summed E-state index contributed by atoms with van der Waals surface area (Å²) in [7, 11) is 2.26. The van der Waals surface area contributed by atoms with Crippen molar-refractivity contribution in [2.45, 2.75) is 52.1 Å². The average molecular weight is 261 g/mol. The van der Waals surface area contributed by atoms with Crippen molar-refractivity contribution in [3.05, 3.63) is 23.9 Å². The minimum absolute atomic E-state index is 0.725. The molecule has 1 N–H and O–H groups in total. The van der Waals surface area contributed by atoms with Crippen LogP contribution in [-0.4, -0.2) is 29.5 Å². The van der Waals surface area contributed by atoms with Crippen LogP contribution in [0.15, 0.2) is 18.3 Å². The Balaban J connectivity index is 2.03. The molecule has 1 aromatic heterocycles. The maximum Gasteiger partial charge on any atom is 0.130 e. The van der Waals surface area contributed by atoms with Gasteiger partial charge in [-0.25, -0.2) is 4.98 Å². The molecule has 1 aliphatic carbocycles. The smallest absolute Gasteiger partial charge is 0.130 e. The van der Waals surface area contributed by atoms with Crippen LogP contribution in [0.4, 0.5) is 5.82 Å². The lowest BCUT2D eigenvalue weighted by molar-refractivity contribution is 0.133. The van der Waals surface area contributed by atoms with Crippen LogP contribution >= 0.6 is 0 Å². The molecule has 1 heterocycles. The molecule has 3 heteroatoms. The van der Waals surface area contributed by atoms with Gasteiger partial charge in [-0.05, 0) is 38.8 Å². The fourth-order valence-electron chi connectivity index (χ4n) is 3.23. The second-order valence-corrected chi connectivity index (χ2v) is 5.79. The van der Waals surface area contributed by atoms with Crippen LogP contribution in [0.3, 0.4) is 0 Å². The highest BCUT2D eigenvalue weighted by atomic mass is 15.1. The largest absolute Gasteiger partial charge is 0.370 e. The first kappa shape index (κ1) is 14.3. The summed E-state index contributed by atoms with van der Waals surface area (Å²) in [5.41, 5.74) is 1.31. The van der Waals surface area contributed by atoms with Crippen LogP contribution < -0.4 is 5.32 Å². The highest BCUT2D eigenvalue weighted by Gasteiger charge is 2.25. The third-order valence-electron chi connectivity index (χ3n) is 4.29. The highest BCUT2D eigenvalue weighted by molar-refractivity contribution is 5.43. The van der Waals surface area contributed by atoms with E-state index in [2.05, 4.69) is 42.2 Å². The molecule has 2 rings (SSSR count). The molecule has 19 heavy (non-hydrogen) atoms. The second kappa shape index (κ2) is 6.90. The Labute approximate surface area is 117 Å². The third kappa shape index (κ3) is 3.69. The molecule has 1 aromatic rings. The number of nitrogens with one attached hydrogen (secondary N) is 1. The first-order valence-corrected chi connectivity index (χ1v) is 7.60. The normalized spacial score (nSPS) is 23.6. The van der Waals surface area contributed by atoms with E-state index in [1.54, 1.807) is 0 Å². The molecule has 0 aromatic carbocycles. The summed E-state index contributed by atoms with van der Waals surface area (Å²) in [6.45, 7) is 6.43. The van der Waals surface area contributed by atoms with Crippen molar-refractivity contribution >= 4 is 5.82 Å². The maximum atomic E-state index is 4.45.